The Morgan fingerprint density at radius 3 is 2.36 bits per heavy atom. The lowest BCUT2D eigenvalue weighted by atomic mass is 9.75. The molecule has 200 valence electrons. The Labute approximate surface area is 229 Å². The van der Waals surface area contributed by atoms with Gasteiger partial charge in [0, 0.05) is 35.7 Å². The lowest BCUT2D eigenvalue weighted by Crippen LogP contribution is -2.34. The molecule has 1 heterocycles. The number of allylic oxidation sites excluding steroid dienone is 3. The van der Waals surface area contributed by atoms with Crippen molar-refractivity contribution in [3.63, 3.8) is 0 Å². The highest BCUT2D eigenvalue weighted by atomic mass is 16.5. The van der Waals surface area contributed by atoms with E-state index in [1.807, 2.05) is 85.8 Å². The average Bonchev–Trinajstić information content (AvgIpc) is 2.96. The van der Waals surface area contributed by atoms with Crippen LogP contribution in [0.2, 0.25) is 0 Å². The third-order valence-electron chi connectivity index (χ3n) is 7.22. The molecule has 1 N–H and O–H groups in total. The number of ketones is 1. The summed E-state index contributed by atoms with van der Waals surface area (Å²) in [5.74, 6) is 0.224. The Balaban J connectivity index is 1.44. The van der Waals surface area contributed by atoms with E-state index in [1.165, 1.54) is 0 Å². The molecular weight excluding hydrogens is 490 g/mol. The third kappa shape index (κ3) is 5.90. The molecule has 0 unspecified atom stereocenters. The smallest absolute Gasteiger partial charge is 0.336 e. The van der Waals surface area contributed by atoms with Crippen molar-refractivity contribution >= 4 is 11.8 Å². The summed E-state index contributed by atoms with van der Waals surface area (Å²) in [5.41, 5.74) is 5.62. The minimum atomic E-state index is -0.546. The van der Waals surface area contributed by atoms with Gasteiger partial charge in [-0.15, -0.1) is 0 Å². The minimum absolute atomic E-state index is 0.0548. The van der Waals surface area contributed by atoms with Crippen LogP contribution in [0.4, 0.5) is 0 Å². The maximum absolute atomic E-state index is 13.5. The van der Waals surface area contributed by atoms with Crippen molar-refractivity contribution < 1.29 is 23.8 Å². The number of nitrogens with one attached hydrogen (secondary N) is 1. The van der Waals surface area contributed by atoms with Crippen molar-refractivity contribution in [3.05, 3.63) is 118 Å². The second kappa shape index (κ2) is 12.0. The summed E-state index contributed by atoms with van der Waals surface area (Å²) in [4.78, 5) is 26.8. The van der Waals surface area contributed by atoms with Crippen molar-refractivity contribution in [1.29, 1.82) is 0 Å². The lowest BCUT2D eigenvalue weighted by Gasteiger charge is -2.34. The lowest BCUT2D eigenvalue weighted by molar-refractivity contribution is -0.139. The molecule has 0 fully saturated rings. The van der Waals surface area contributed by atoms with Crippen LogP contribution >= 0.6 is 0 Å². The van der Waals surface area contributed by atoms with E-state index in [1.54, 1.807) is 7.11 Å². The molecule has 0 bridgehead atoms. The SMILES string of the molecule is COc1cc([C@H]2C(C(=O)OCCc3ccccc3)=C(C)NC3=C2C(=O)CCC3)ccc1OCc1ccccc1. The number of rotatable bonds is 9. The molecule has 6 nitrogen and oxygen atoms in total. The van der Waals surface area contributed by atoms with Crippen molar-refractivity contribution in [2.24, 2.45) is 0 Å². The first-order chi connectivity index (χ1) is 19.0. The molecular formula is C33H33NO5. The first-order valence-electron chi connectivity index (χ1n) is 13.3. The fourth-order valence-electron chi connectivity index (χ4n) is 5.29. The van der Waals surface area contributed by atoms with Crippen molar-refractivity contribution in [1.82, 2.24) is 5.32 Å². The summed E-state index contributed by atoms with van der Waals surface area (Å²) in [6.45, 7) is 2.52. The molecule has 1 aliphatic heterocycles. The predicted molar refractivity (Wildman–Crippen MR) is 149 cm³/mol. The van der Waals surface area contributed by atoms with Crippen molar-refractivity contribution in [2.75, 3.05) is 13.7 Å². The predicted octanol–water partition coefficient (Wildman–Crippen LogP) is 6.03. The van der Waals surface area contributed by atoms with Gasteiger partial charge >= 0.3 is 5.97 Å². The molecule has 0 spiro atoms. The summed E-state index contributed by atoms with van der Waals surface area (Å²) < 4.78 is 17.5. The van der Waals surface area contributed by atoms with Gasteiger partial charge in [0.25, 0.3) is 0 Å². The first-order valence-corrected chi connectivity index (χ1v) is 13.3. The van der Waals surface area contributed by atoms with Gasteiger partial charge in [-0.2, -0.15) is 0 Å². The highest BCUT2D eigenvalue weighted by molar-refractivity contribution is 6.03. The molecule has 0 saturated heterocycles. The molecule has 2 aliphatic rings. The van der Waals surface area contributed by atoms with Gasteiger partial charge in [-0.25, -0.2) is 4.79 Å². The quantitative estimate of drug-likeness (QED) is 0.346. The topological polar surface area (TPSA) is 73.9 Å². The van der Waals surface area contributed by atoms with E-state index < -0.39 is 11.9 Å². The van der Waals surface area contributed by atoms with Gasteiger partial charge in [0.2, 0.25) is 0 Å². The number of hydrogen-bond donors (Lipinski definition) is 1. The van der Waals surface area contributed by atoms with Gasteiger partial charge in [0.05, 0.1) is 19.3 Å². The standard InChI is InChI=1S/C33H33NO5/c1-22-30(33(36)38-19-18-23-10-5-3-6-11-23)31(32-26(34-22)14-9-15-27(32)35)25-16-17-28(29(20-25)37-2)39-21-24-12-7-4-8-13-24/h3-8,10-13,16-17,20,31,34H,9,14-15,18-19,21H2,1-2H3/t31-/m0/s1. The Hall–Kier alpha value is -4.32. The molecule has 0 radical (unpaired) electrons. The fraction of sp³-hybridized carbons (Fsp3) is 0.273. The van der Waals surface area contributed by atoms with Crippen LogP contribution in [-0.4, -0.2) is 25.5 Å². The van der Waals surface area contributed by atoms with E-state index in [-0.39, 0.29) is 12.4 Å². The molecule has 5 rings (SSSR count). The summed E-state index contributed by atoms with van der Waals surface area (Å²) in [6.07, 6.45) is 2.63. The van der Waals surface area contributed by atoms with Gasteiger partial charge in [-0.05, 0) is 48.6 Å². The Kier molecular flexibility index (Phi) is 8.11. The van der Waals surface area contributed by atoms with E-state index in [2.05, 4.69) is 5.32 Å². The fourth-order valence-corrected chi connectivity index (χ4v) is 5.29. The zero-order valence-corrected chi connectivity index (χ0v) is 22.4. The van der Waals surface area contributed by atoms with Crippen LogP contribution in [0.1, 0.15) is 48.8 Å². The summed E-state index contributed by atoms with van der Waals surface area (Å²) in [5, 5.41) is 3.35. The van der Waals surface area contributed by atoms with E-state index in [4.69, 9.17) is 14.2 Å². The molecule has 0 amide bonds. The molecule has 39 heavy (non-hydrogen) atoms. The highest BCUT2D eigenvalue weighted by Gasteiger charge is 2.39. The second-order valence-electron chi connectivity index (χ2n) is 9.82. The monoisotopic (exact) mass is 523 g/mol. The maximum atomic E-state index is 13.5. The van der Waals surface area contributed by atoms with Gasteiger partial charge in [-0.1, -0.05) is 66.7 Å². The third-order valence-corrected chi connectivity index (χ3v) is 7.22. The average molecular weight is 524 g/mol. The molecule has 0 saturated carbocycles. The Morgan fingerprint density at radius 2 is 1.64 bits per heavy atom. The van der Waals surface area contributed by atoms with Crippen LogP contribution in [0.25, 0.3) is 0 Å². The Bertz CT molecular complexity index is 1410. The summed E-state index contributed by atoms with van der Waals surface area (Å²) in [6, 6.07) is 25.4. The number of ether oxygens (including phenoxy) is 3. The molecule has 1 aliphatic carbocycles. The van der Waals surface area contributed by atoms with Crippen LogP contribution in [-0.2, 0) is 27.4 Å². The number of Topliss-reactive ketones (excluding diaryl/α,β-unsaturated/α-hetero) is 1. The van der Waals surface area contributed by atoms with Gasteiger partial charge in [0.1, 0.15) is 6.61 Å². The van der Waals surface area contributed by atoms with Crippen LogP contribution in [0, 0.1) is 0 Å². The number of carbonyl (C=O) groups excluding carboxylic acids is 2. The van der Waals surface area contributed by atoms with Crippen molar-refractivity contribution in [2.45, 2.75) is 45.1 Å². The van der Waals surface area contributed by atoms with Crippen LogP contribution in [0.3, 0.4) is 0 Å². The van der Waals surface area contributed by atoms with Crippen LogP contribution in [0.15, 0.2) is 101 Å². The van der Waals surface area contributed by atoms with E-state index in [9.17, 15) is 9.59 Å². The highest BCUT2D eigenvalue weighted by Crippen LogP contribution is 2.44. The normalized spacial score (nSPS) is 16.9. The first kappa shape index (κ1) is 26.3. The van der Waals surface area contributed by atoms with Crippen LogP contribution in [0.5, 0.6) is 11.5 Å². The van der Waals surface area contributed by atoms with Crippen molar-refractivity contribution in [3.8, 4) is 11.5 Å². The summed E-state index contributed by atoms with van der Waals surface area (Å²) >= 11 is 0. The van der Waals surface area contributed by atoms with E-state index in [0.717, 1.165) is 35.2 Å². The number of dihydropyridines is 1. The molecule has 6 heteroatoms. The molecule has 0 aromatic heterocycles. The number of esters is 1. The van der Waals surface area contributed by atoms with Gasteiger partial charge in [0.15, 0.2) is 17.3 Å². The minimum Gasteiger partial charge on any atom is -0.493 e. The maximum Gasteiger partial charge on any atom is 0.336 e. The van der Waals surface area contributed by atoms with Gasteiger partial charge in [-0.3, -0.25) is 4.79 Å². The number of methoxy groups -OCH3 is 1. The number of hydrogen-bond acceptors (Lipinski definition) is 6. The number of benzene rings is 3. The van der Waals surface area contributed by atoms with Crippen LogP contribution < -0.4 is 14.8 Å². The number of carbonyl (C=O) groups is 2. The zero-order chi connectivity index (χ0) is 27.2. The molecule has 3 aromatic carbocycles. The van der Waals surface area contributed by atoms with E-state index in [0.29, 0.717) is 47.8 Å². The molecule has 3 aromatic rings. The molecule has 1 atom stereocenters. The van der Waals surface area contributed by atoms with Gasteiger partial charge < -0.3 is 19.5 Å². The second-order valence-corrected chi connectivity index (χ2v) is 9.82. The summed E-state index contributed by atoms with van der Waals surface area (Å²) in [7, 11) is 1.59. The van der Waals surface area contributed by atoms with E-state index >= 15 is 0 Å². The largest absolute Gasteiger partial charge is 0.493 e. The zero-order valence-electron chi connectivity index (χ0n) is 22.4. The Morgan fingerprint density at radius 1 is 0.923 bits per heavy atom.